The van der Waals surface area contributed by atoms with Crippen LogP contribution in [0.25, 0.3) is 0 Å². The van der Waals surface area contributed by atoms with Crippen LogP contribution in [0.2, 0.25) is 0 Å². The number of carbonyl (C=O) groups excluding carboxylic acids is 1. The van der Waals surface area contributed by atoms with E-state index >= 15 is 0 Å². The second-order valence-electron chi connectivity index (χ2n) is 6.86. The maximum absolute atomic E-state index is 12.2. The van der Waals surface area contributed by atoms with Crippen molar-refractivity contribution in [1.82, 2.24) is 15.1 Å². The summed E-state index contributed by atoms with van der Waals surface area (Å²) < 4.78 is 0. The molecule has 0 aromatic heterocycles. The third kappa shape index (κ3) is 5.05. The fourth-order valence-electron chi connectivity index (χ4n) is 3.85. The highest BCUT2D eigenvalue weighted by Crippen LogP contribution is 2.20. The zero-order valence-electron chi connectivity index (χ0n) is 14.0. The van der Waals surface area contributed by atoms with E-state index in [1.807, 2.05) is 6.07 Å². The van der Waals surface area contributed by atoms with Gasteiger partial charge in [0.15, 0.2) is 0 Å². The standard InChI is InChI=1S/C19H29N3O/c23-19(20-11-4-9-17-7-2-1-3-8-17)16-21-12-6-14-22-13-5-10-18(22)15-21/h1-3,7-8,18H,4-6,9-16H2,(H,20,23)/t18-/m1/s1. The maximum atomic E-state index is 12.2. The molecule has 2 aliphatic heterocycles. The molecule has 1 amide bonds. The minimum atomic E-state index is 0.185. The van der Waals surface area contributed by atoms with Crippen LogP contribution >= 0.6 is 0 Å². The van der Waals surface area contributed by atoms with Gasteiger partial charge in [0, 0.05) is 19.1 Å². The summed E-state index contributed by atoms with van der Waals surface area (Å²) in [6.45, 7) is 5.93. The van der Waals surface area contributed by atoms with Gasteiger partial charge in [0.05, 0.1) is 6.54 Å². The van der Waals surface area contributed by atoms with Gasteiger partial charge in [0.1, 0.15) is 0 Å². The predicted molar refractivity (Wildman–Crippen MR) is 93.4 cm³/mol. The number of carbonyl (C=O) groups is 1. The van der Waals surface area contributed by atoms with E-state index < -0.39 is 0 Å². The van der Waals surface area contributed by atoms with E-state index in [0.717, 1.165) is 32.5 Å². The van der Waals surface area contributed by atoms with Crippen LogP contribution in [0.5, 0.6) is 0 Å². The molecule has 2 heterocycles. The fourth-order valence-corrected chi connectivity index (χ4v) is 3.85. The molecule has 4 heteroatoms. The molecule has 1 N–H and O–H groups in total. The van der Waals surface area contributed by atoms with Crippen molar-refractivity contribution >= 4 is 5.91 Å². The van der Waals surface area contributed by atoms with Crippen LogP contribution < -0.4 is 5.32 Å². The highest BCUT2D eigenvalue weighted by atomic mass is 16.2. The Bertz CT molecular complexity index is 491. The number of benzene rings is 1. The first kappa shape index (κ1) is 16.5. The first-order valence-electron chi connectivity index (χ1n) is 9.08. The topological polar surface area (TPSA) is 35.6 Å². The van der Waals surface area contributed by atoms with E-state index in [2.05, 4.69) is 39.4 Å². The third-order valence-corrected chi connectivity index (χ3v) is 5.06. The van der Waals surface area contributed by atoms with Gasteiger partial charge in [-0.05, 0) is 57.3 Å². The summed E-state index contributed by atoms with van der Waals surface area (Å²) in [5, 5.41) is 3.09. The Morgan fingerprint density at radius 1 is 1.13 bits per heavy atom. The van der Waals surface area contributed by atoms with Crippen molar-refractivity contribution in [2.75, 3.05) is 39.3 Å². The molecule has 2 saturated heterocycles. The number of nitrogens with one attached hydrogen (secondary N) is 1. The van der Waals surface area contributed by atoms with E-state index in [9.17, 15) is 4.79 Å². The number of fused-ring (bicyclic) bond motifs is 1. The molecule has 23 heavy (non-hydrogen) atoms. The average Bonchev–Trinajstić information content (AvgIpc) is 2.91. The molecular formula is C19H29N3O. The largest absolute Gasteiger partial charge is 0.355 e. The summed E-state index contributed by atoms with van der Waals surface area (Å²) in [5.74, 6) is 0.185. The number of rotatable bonds is 6. The fraction of sp³-hybridized carbons (Fsp3) is 0.632. The monoisotopic (exact) mass is 315 g/mol. The molecule has 2 fully saturated rings. The molecule has 0 spiro atoms. The molecule has 1 atom stereocenters. The number of nitrogens with zero attached hydrogens (tertiary/aromatic N) is 2. The van der Waals surface area contributed by atoms with Crippen molar-refractivity contribution in [3.8, 4) is 0 Å². The summed E-state index contributed by atoms with van der Waals surface area (Å²) in [5.41, 5.74) is 1.34. The Hall–Kier alpha value is -1.39. The Morgan fingerprint density at radius 2 is 1.96 bits per heavy atom. The van der Waals surface area contributed by atoms with Gasteiger partial charge in [-0.15, -0.1) is 0 Å². The van der Waals surface area contributed by atoms with Crippen molar-refractivity contribution in [2.24, 2.45) is 0 Å². The molecule has 4 nitrogen and oxygen atoms in total. The Kier molecular flexibility index (Phi) is 6.06. The molecule has 0 radical (unpaired) electrons. The number of hydrogen-bond acceptors (Lipinski definition) is 3. The number of hydrogen-bond donors (Lipinski definition) is 1. The normalized spacial score (nSPS) is 22.5. The average molecular weight is 315 g/mol. The quantitative estimate of drug-likeness (QED) is 0.815. The van der Waals surface area contributed by atoms with Gasteiger partial charge >= 0.3 is 0 Å². The zero-order chi connectivity index (χ0) is 15.9. The highest BCUT2D eigenvalue weighted by molar-refractivity contribution is 5.77. The summed E-state index contributed by atoms with van der Waals surface area (Å²) in [6.07, 6.45) is 5.85. The molecule has 3 rings (SSSR count). The van der Waals surface area contributed by atoms with Crippen molar-refractivity contribution < 1.29 is 4.79 Å². The van der Waals surface area contributed by atoms with Crippen molar-refractivity contribution in [1.29, 1.82) is 0 Å². The number of amides is 1. The minimum Gasteiger partial charge on any atom is -0.355 e. The third-order valence-electron chi connectivity index (χ3n) is 5.06. The number of aryl methyl sites for hydroxylation is 1. The van der Waals surface area contributed by atoms with E-state index in [1.54, 1.807) is 0 Å². The first-order valence-corrected chi connectivity index (χ1v) is 9.08. The first-order chi connectivity index (χ1) is 11.3. The van der Waals surface area contributed by atoms with E-state index in [-0.39, 0.29) is 5.91 Å². The Balaban J connectivity index is 1.34. The minimum absolute atomic E-state index is 0.185. The lowest BCUT2D eigenvalue weighted by Gasteiger charge is -2.25. The van der Waals surface area contributed by atoms with Gasteiger partial charge in [-0.1, -0.05) is 30.3 Å². The Morgan fingerprint density at radius 3 is 2.83 bits per heavy atom. The lowest BCUT2D eigenvalue weighted by Crippen LogP contribution is -2.42. The van der Waals surface area contributed by atoms with Gasteiger partial charge < -0.3 is 5.32 Å². The SMILES string of the molecule is O=C(CN1CCCN2CCC[C@@H]2C1)NCCCc1ccccc1. The lowest BCUT2D eigenvalue weighted by atomic mass is 10.1. The second kappa shape index (κ2) is 8.46. The summed E-state index contributed by atoms with van der Waals surface area (Å²) >= 11 is 0. The molecule has 0 unspecified atom stereocenters. The van der Waals surface area contributed by atoms with Crippen LogP contribution in [-0.4, -0.2) is 61.0 Å². The molecule has 1 aromatic rings. The van der Waals surface area contributed by atoms with Gasteiger partial charge in [0.25, 0.3) is 0 Å². The molecule has 0 aliphatic carbocycles. The summed E-state index contributed by atoms with van der Waals surface area (Å²) in [6, 6.07) is 11.2. The van der Waals surface area contributed by atoms with Crippen LogP contribution in [0.1, 0.15) is 31.2 Å². The van der Waals surface area contributed by atoms with Crippen molar-refractivity contribution in [2.45, 2.75) is 38.1 Å². The van der Waals surface area contributed by atoms with Gasteiger partial charge in [0.2, 0.25) is 5.91 Å². The van der Waals surface area contributed by atoms with Gasteiger partial charge in [-0.25, -0.2) is 0 Å². The van der Waals surface area contributed by atoms with E-state index in [0.29, 0.717) is 12.6 Å². The predicted octanol–water partition coefficient (Wildman–Crippen LogP) is 1.91. The molecule has 1 aromatic carbocycles. The van der Waals surface area contributed by atoms with Gasteiger partial charge in [-0.3, -0.25) is 14.6 Å². The second-order valence-corrected chi connectivity index (χ2v) is 6.86. The molecule has 126 valence electrons. The van der Waals surface area contributed by atoms with E-state index in [1.165, 1.54) is 37.9 Å². The molecule has 0 bridgehead atoms. The lowest BCUT2D eigenvalue weighted by molar-refractivity contribution is -0.122. The molecular weight excluding hydrogens is 286 g/mol. The Labute approximate surface area is 139 Å². The van der Waals surface area contributed by atoms with Crippen LogP contribution in [0.4, 0.5) is 0 Å². The molecule has 0 saturated carbocycles. The van der Waals surface area contributed by atoms with Gasteiger partial charge in [-0.2, -0.15) is 0 Å². The zero-order valence-corrected chi connectivity index (χ0v) is 14.0. The van der Waals surface area contributed by atoms with Crippen LogP contribution in [0.3, 0.4) is 0 Å². The van der Waals surface area contributed by atoms with Crippen LogP contribution in [0.15, 0.2) is 30.3 Å². The molecule has 2 aliphatic rings. The smallest absolute Gasteiger partial charge is 0.234 e. The van der Waals surface area contributed by atoms with Crippen LogP contribution in [-0.2, 0) is 11.2 Å². The van der Waals surface area contributed by atoms with E-state index in [4.69, 9.17) is 0 Å². The highest BCUT2D eigenvalue weighted by Gasteiger charge is 2.29. The summed E-state index contributed by atoms with van der Waals surface area (Å²) in [7, 11) is 0. The van der Waals surface area contributed by atoms with Crippen molar-refractivity contribution in [3.63, 3.8) is 0 Å². The maximum Gasteiger partial charge on any atom is 0.234 e. The summed E-state index contributed by atoms with van der Waals surface area (Å²) in [4.78, 5) is 17.1. The van der Waals surface area contributed by atoms with Crippen molar-refractivity contribution in [3.05, 3.63) is 35.9 Å². The van der Waals surface area contributed by atoms with Crippen LogP contribution in [0, 0.1) is 0 Å².